The van der Waals surface area contributed by atoms with Gasteiger partial charge in [0.05, 0.1) is 0 Å². The fourth-order valence-corrected chi connectivity index (χ4v) is 4.02. The highest BCUT2D eigenvalue weighted by molar-refractivity contribution is 5.37. The van der Waals surface area contributed by atoms with E-state index >= 15 is 0 Å². The second-order valence-electron chi connectivity index (χ2n) is 7.50. The molecule has 0 radical (unpaired) electrons. The van der Waals surface area contributed by atoms with Gasteiger partial charge in [0.2, 0.25) is 0 Å². The zero-order valence-corrected chi connectivity index (χ0v) is 14.2. The third kappa shape index (κ3) is 4.01. The van der Waals surface area contributed by atoms with Crippen LogP contribution in [-0.2, 0) is 0 Å². The Bertz CT molecular complexity index is 448. The van der Waals surface area contributed by atoms with Crippen LogP contribution in [-0.4, -0.2) is 29.0 Å². The number of pyridine rings is 1. The largest absolute Gasteiger partial charge is 0.367 e. The van der Waals surface area contributed by atoms with Crippen LogP contribution in [0.5, 0.6) is 0 Å². The highest BCUT2D eigenvalue weighted by Crippen LogP contribution is 2.31. The molecule has 1 N–H and O–H groups in total. The summed E-state index contributed by atoms with van der Waals surface area (Å²) in [6.45, 7) is 7.08. The molecule has 0 aromatic carbocycles. The summed E-state index contributed by atoms with van der Waals surface area (Å²) in [7, 11) is 0. The number of piperidine rings is 1. The van der Waals surface area contributed by atoms with Gasteiger partial charge in [-0.1, -0.05) is 39.2 Å². The standard InChI is InChI=1S/C19H31N3/c1-15(2)14-22-12-6-5-9-18(22)16-10-11-19(20-13-16)21-17-7-3-4-8-17/h10-11,13,15,17-18H,3-9,12,14H2,1-2H3,(H,20,21)/t18-/m1/s1. The van der Waals surface area contributed by atoms with Crippen LogP contribution >= 0.6 is 0 Å². The van der Waals surface area contributed by atoms with Crippen molar-refractivity contribution in [2.75, 3.05) is 18.4 Å². The van der Waals surface area contributed by atoms with Crippen molar-refractivity contribution in [3.8, 4) is 0 Å². The van der Waals surface area contributed by atoms with E-state index in [1.54, 1.807) is 0 Å². The van der Waals surface area contributed by atoms with Crippen molar-refractivity contribution in [1.29, 1.82) is 0 Å². The number of anilines is 1. The van der Waals surface area contributed by atoms with E-state index in [-0.39, 0.29) is 0 Å². The Morgan fingerprint density at radius 3 is 2.59 bits per heavy atom. The summed E-state index contributed by atoms with van der Waals surface area (Å²) in [5, 5.41) is 3.59. The van der Waals surface area contributed by atoms with Gasteiger partial charge in [-0.05, 0) is 49.8 Å². The maximum atomic E-state index is 4.69. The Hall–Kier alpha value is -1.09. The van der Waals surface area contributed by atoms with E-state index < -0.39 is 0 Å². The molecule has 0 unspecified atom stereocenters. The molecule has 1 atom stereocenters. The highest BCUT2D eigenvalue weighted by atomic mass is 15.2. The molecule has 0 bridgehead atoms. The molecule has 1 aliphatic carbocycles. The lowest BCUT2D eigenvalue weighted by Crippen LogP contribution is -2.36. The van der Waals surface area contributed by atoms with E-state index in [0.717, 1.165) is 11.7 Å². The first kappa shape index (κ1) is 15.8. The summed E-state index contributed by atoms with van der Waals surface area (Å²) in [6.07, 6.45) is 11.4. The molecule has 2 fully saturated rings. The zero-order chi connectivity index (χ0) is 15.4. The number of hydrogen-bond acceptors (Lipinski definition) is 3. The van der Waals surface area contributed by atoms with E-state index in [2.05, 4.69) is 42.4 Å². The molecule has 1 saturated heterocycles. The minimum atomic E-state index is 0.573. The van der Waals surface area contributed by atoms with E-state index in [4.69, 9.17) is 4.98 Å². The maximum absolute atomic E-state index is 4.69. The first-order chi connectivity index (χ1) is 10.7. The topological polar surface area (TPSA) is 28.2 Å². The van der Waals surface area contributed by atoms with Crippen LogP contribution < -0.4 is 5.32 Å². The van der Waals surface area contributed by atoms with E-state index in [1.807, 2.05) is 0 Å². The minimum Gasteiger partial charge on any atom is -0.367 e. The van der Waals surface area contributed by atoms with Crippen molar-refractivity contribution in [2.45, 2.75) is 70.9 Å². The van der Waals surface area contributed by atoms with Gasteiger partial charge < -0.3 is 5.32 Å². The first-order valence-electron chi connectivity index (χ1n) is 9.19. The van der Waals surface area contributed by atoms with Gasteiger partial charge in [-0.25, -0.2) is 4.98 Å². The van der Waals surface area contributed by atoms with Gasteiger partial charge in [-0.15, -0.1) is 0 Å². The van der Waals surface area contributed by atoms with Crippen LogP contribution in [0, 0.1) is 5.92 Å². The van der Waals surface area contributed by atoms with Crippen LogP contribution in [0.1, 0.15) is 70.4 Å². The molecule has 3 heteroatoms. The average Bonchev–Trinajstić information content (AvgIpc) is 3.01. The van der Waals surface area contributed by atoms with Crippen LogP contribution in [0.15, 0.2) is 18.3 Å². The second kappa shape index (κ2) is 7.45. The lowest BCUT2D eigenvalue weighted by Gasteiger charge is -2.37. The summed E-state index contributed by atoms with van der Waals surface area (Å²) in [5.41, 5.74) is 1.40. The smallest absolute Gasteiger partial charge is 0.126 e. The molecule has 2 aliphatic rings. The number of nitrogens with one attached hydrogen (secondary N) is 1. The monoisotopic (exact) mass is 301 g/mol. The highest BCUT2D eigenvalue weighted by Gasteiger charge is 2.24. The summed E-state index contributed by atoms with van der Waals surface area (Å²) >= 11 is 0. The molecule has 22 heavy (non-hydrogen) atoms. The fraction of sp³-hybridized carbons (Fsp3) is 0.737. The van der Waals surface area contributed by atoms with Crippen LogP contribution in [0.4, 0.5) is 5.82 Å². The van der Waals surface area contributed by atoms with Gasteiger partial charge in [0.25, 0.3) is 0 Å². The third-order valence-electron chi connectivity index (χ3n) is 5.09. The normalized spacial score (nSPS) is 24.0. The SMILES string of the molecule is CC(C)CN1CCCC[C@@H]1c1ccc(NC2CCCC2)nc1. The number of rotatable bonds is 5. The first-order valence-corrected chi connectivity index (χ1v) is 9.19. The summed E-state index contributed by atoms with van der Waals surface area (Å²) in [5.74, 6) is 1.79. The Labute approximate surface area is 135 Å². The van der Waals surface area contributed by atoms with Crippen molar-refractivity contribution >= 4 is 5.82 Å². The quantitative estimate of drug-likeness (QED) is 0.860. The third-order valence-corrected chi connectivity index (χ3v) is 5.09. The minimum absolute atomic E-state index is 0.573. The Balaban J connectivity index is 1.64. The van der Waals surface area contributed by atoms with Crippen LogP contribution in [0.3, 0.4) is 0 Å². The summed E-state index contributed by atoms with van der Waals surface area (Å²) < 4.78 is 0. The molecule has 2 heterocycles. The summed E-state index contributed by atoms with van der Waals surface area (Å²) in [4.78, 5) is 7.36. The number of likely N-dealkylation sites (tertiary alicyclic amines) is 1. The van der Waals surface area contributed by atoms with Crippen LogP contribution in [0.25, 0.3) is 0 Å². The lowest BCUT2D eigenvalue weighted by molar-refractivity contribution is 0.132. The maximum Gasteiger partial charge on any atom is 0.126 e. The van der Waals surface area contributed by atoms with Gasteiger partial charge in [-0.2, -0.15) is 0 Å². The van der Waals surface area contributed by atoms with E-state index in [0.29, 0.717) is 12.1 Å². The average molecular weight is 301 g/mol. The molecule has 1 aliphatic heterocycles. The van der Waals surface area contributed by atoms with E-state index in [1.165, 1.54) is 63.6 Å². The Kier molecular flexibility index (Phi) is 5.35. The predicted octanol–water partition coefficient (Wildman–Crippen LogP) is 4.62. The van der Waals surface area contributed by atoms with Gasteiger partial charge in [-0.3, -0.25) is 4.90 Å². The zero-order valence-electron chi connectivity index (χ0n) is 14.2. The molecule has 1 aromatic rings. The number of nitrogens with zero attached hydrogens (tertiary/aromatic N) is 2. The van der Waals surface area contributed by atoms with Crippen molar-refractivity contribution in [3.05, 3.63) is 23.9 Å². The molecule has 1 saturated carbocycles. The van der Waals surface area contributed by atoms with E-state index in [9.17, 15) is 0 Å². The van der Waals surface area contributed by atoms with Crippen molar-refractivity contribution < 1.29 is 0 Å². The molecule has 3 nitrogen and oxygen atoms in total. The number of hydrogen-bond donors (Lipinski definition) is 1. The van der Waals surface area contributed by atoms with Gasteiger partial charge in [0.1, 0.15) is 5.82 Å². The summed E-state index contributed by atoms with van der Waals surface area (Å²) in [6, 6.07) is 5.71. The van der Waals surface area contributed by atoms with Crippen LogP contribution in [0.2, 0.25) is 0 Å². The van der Waals surface area contributed by atoms with Gasteiger partial charge >= 0.3 is 0 Å². The van der Waals surface area contributed by atoms with Gasteiger partial charge in [0, 0.05) is 24.8 Å². The Morgan fingerprint density at radius 2 is 1.91 bits per heavy atom. The lowest BCUT2D eigenvalue weighted by atomic mass is 9.95. The van der Waals surface area contributed by atoms with Crippen molar-refractivity contribution in [1.82, 2.24) is 9.88 Å². The molecular formula is C19H31N3. The Morgan fingerprint density at radius 1 is 1.14 bits per heavy atom. The molecule has 1 aromatic heterocycles. The van der Waals surface area contributed by atoms with Crippen molar-refractivity contribution in [2.24, 2.45) is 5.92 Å². The molecule has 122 valence electrons. The fourth-order valence-electron chi connectivity index (χ4n) is 4.02. The molecule has 0 amide bonds. The van der Waals surface area contributed by atoms with Crippen molar-refractivity contribution in [3.63, 3.8) is 0 Å². The number of aromatic nitrogens is 1. The second-order valence-corrected chi connectivity index (χ2v) is 7.50. The molecule has 3 rings (SSSR count). The molecular weight excluding hydrogens is 270 g/mol. The van der Waals surface area contributed by atoms with Gasteiger partial charge in [0.15, 0.2) is 0 Å². The predicted molar refractivity (Wildman–Crippen MR) is 93.1 cm³/mol. The molecule has 0 spiro atoms.